The van der Waals surface area contributed by atoms with E-state index in [0.29, 0.717) is 6.42 Å². The maximum absolute atomic E-state index is 12.4. The van der Waals surface area contributed by atoms with Gasteiger partial charge in [-0.3, -0.25) is 0 Å². The summed E-state index contributed by atoms with van der Waals surface area (Å²) in [5.74, 6) is -0.107. The first-order chi connectivity index (χ1) is 11.9. The molecular weight excluding hydrogens is 338 g/mol. The number of aromatic nitrogens is 2. The molecule has 0 saturated heterocycles. The van der Waals surface area contributed by atoms with Gasteiger partial charge in [0.2, 0.25) is 11.8 Å². The van der Waals surface area contributed by atoms with E-state index in [-0.39, 0.29) is 22.4 Å². The van der Waals surface area contributed by atoms with Gasteiger partial charge in [0, 0.05) is 0 Å². The number of sulfone groups is 1. The van der Waals surface area contributed by atoms with Gasteiger partial charge in [0.15, 0.2) is 9.84 Å². The van der Waals surface area contributed by atoms with Gasteiger partial charge < -0.3 is 10.2 Å². The number of rotatable bonds is 6. The van der Waals surface area contributed by atoms with E-state index in [1.165, 1.54) is 12.1 Å². The zero-order valence-corrected chi connectivity index (χ0v) is 14.6. The van der Waals surface area contributed by atoms with Crippen LogP contribution in [0.2, 0.25) is 0 Å². The lowest BCUT2D eigenvalue weighted by Gasteiger charge is -2.20. The highest BCUT2D eigenvalue weighted by Crippen LogP contribution is 2.23. The summed E-state index contributed by atoms with van der Waals surface area (Å²) in [6, 6.07) is 17.9. The van der Waals surface area contributed by atoms with Crippen molar-refractivity contribution in [3.63, 3.8) is 0 Å². The molecule has 1 atom stereocenters. The van der Waals surface area contributed by atoms with E-state index < -0.39 is 15.4 Å². The lowest BCUT2D eigenvalue weighted by atomic mass is 9.94. The van der Waals surface area contributed by atoms with E-state index in [4.69, 9.17) is 10.2 Å². The molecule has 6 nitrogen and oxygen atoms in total. The normalized spacial score (nSPS) is 14.2. The minimum atomic E-state index is -3.54. The minimum Gasteiger partial charge on any atom is -0.422 e. The van der Waals surface area contributed by atoms with Crippen molar-refractivity contribution in [1.82, 2.24) is 10.2 Å². The second-order valence-electron chi connectivity index (χ2n) is 6.15. The predicted octanol–water partition coefficient (Wildman–Crippen LogP) is 2.46. The van der Waals surface area contributed by atoms with Crippen molar-refractivity contribution in [3.05, 3.63) is 78.0 Å². The predicted molar refractivity (Wildman–Crippen MR) is 93.3 cm³/mol. The second-order valence-corrected chi connectivity index (χ2v) is 8.14. The molecule has 0 fully saturated rings. The van der Waals surface area contributed by atoms with Gasteiger partial charge in [-0.2, -0.15) is 0 Å². The maximum atomic E-state index is 12.4. The Morgan fingerprint density at radius 3 is 2.24 bits per heavy atom. The Bertz CT molecular complexity index is 936. The molecule has 0 radical (unpaired) electrons. The van der Waals surface area contributed by atoms with Gasteiger partial charge in [-0.15, -0.1) is 10.2 Å². The number of nitrogens with zero attached hydrogens (tertiary/aromatic N) is 2. The van der Waals surface area contributed by atoms with Crippen molar-refractivity contribution in [2.45, 2.75) is 29.5 Å². The Labute approximate surface area is 146 Å². The van der Waals surface area contributed by atoms with E-state index in [0.717, 1.165) is 5.56 Å². The maximum Gasteiger partial charge on any atom is 0.236 e. The van der Waals surface area contributed by atoms with Gasteiger partial charge in [-0.1, -0.05) is 48.5 Å². The molecule has 25 heavy (non-hydrogen) atoms. The van der Waals surface area contributed by atoms with Crippen LogP contribution in [0.5, 0.6) is 0 Å². The van der Waals surface area contributed by atoms with Gasteiger partial charge in [0.25, 0.3) is 0 Å². The summed E-state index contributed by atoms with van der Waals surface area (Å²) in [6.45, 7) is 1.78. The standard InChI is InChI=1S/C18H19N3O3S/c1-18(19,12-14-8-4-2-5-9-14)17-21-20-16(24-17)13-25(22,23)15-10-6-3-7-11-15/h2-11H,12-13,19H2,1H3/t18-/m1/s1. The monoisotopic (exact) mass is 357 g/mol. The highest BCUT2D eigenvalue weighted by atomic mass is 32.2. The summed E-state index contributed by atoms with van der Waals surface area (Å²) in [7, 11) is -3.54. The van der Waals surface area contributed by atoms with Crippen LogP contribution >= 0.6 is 0 Å². The van der Waals surface area contributed by atoms with Gasteiger partial charge in [-0.05, 0) is 31.0 Å². The van der Waals surface area contributed by atoms with Crippen LogP contribution in [0.15, 0.2) is 70.0 Å². The van der Waals surface area contributed by atoms with Crippen LogP contribution in [-0.4, -0.2) is 18.6 Å². The quantitative estimate of drug-likeness (QED) is 0.727. The fourth-order valence-corrected chi connectivity index (χ4v) is 3.69. The number of benzene rings is 2. The molecule has 7 heteroatoms. The molecule has 2 N–H and O–H groups in total. The van der Waals surface area contributed by atoms with Gasteiger partial charge >= 0.3 is 0 Å². The third-order valence-electron chi connectivity index (χ3n) is 3.79. The molecule has 0 aliphatic heterocycles. The third kappa shape index (κ3) is 4.12. The van der Waals surface area contributed by atoms with E-state index in [9.17, 15) is 8.42 Å². The zero-order chi connectivity index (χ0) is 17.9. The van der Waals surface area contributed by atoms with Crippen LogP contribution in [0.4, 0.5) is 0 Å². The molecule has 0 aliphatic carbocycles. The molecule has 3 aromatic rings. The summed E-state index contributed by atoms with van der Waals surface area (Å²) in [6.07, 6.45) is 0.501. The zero-order valence-electron chi connectivity index (χ0n) is 13.8. The molecular formula is C18H19N3O3S. The van der Waals surface area contributed by atoms with Crippen LogP contribution < -0.4 is 5.73 Å². The largest absolute Gasteiger partial charge is 0.422 e. The third-order valence-corrected chi connectivity index (χ3v) is 5.40. The molecule has 0 aliphatic rings. The smallest absolute Gasteiger partial charge is 0.236 e. The van der Waals surface area contributed by atoms with Crippen molar-refractivity contribution in [3.8, 4) is 0 Å². The van der Waals surface area contributed by atoms with Crippen molar-refractivity contribution < 1.29 is 12.8 Å². The van der Waals surface area contributed by atoms with Crippen LogP contribution in [0, 0.1) is 0 Å². The van der Waals surface area contributed by atoms with Crippen molar-refractivity contribution >= 4 is 9.84 Å². The van der Waals surface area contributed by atoms with E-state index in [1.807, 2.05) is 30.3 Å². The molecule has 0 amide bonds. The summed E-state index contributed by atoms with van der Waals surface area (Å²) in [4.78, 5) is 0.217. The average Bonchev–Trinajstić information content (AvgIpc) is 3.05. The lowest BCUT2D eigenvalue weighted by Crippen LogP contribution is -2.35. The van der Waals surface area contributed by atoms with E-state index >= 15 is 0 Å². The number of hydrogen-bond acceptors (Lipinski definition) is 6. The molecule has 3 rings (SSSR count). The topological polar surface area (TPSA) is 99.1 Å². The first-order valence-corrected chi connectivity index (χ1v) is 9.45. The Morgan fingerprint density at radius 1 is 1.00 bits per heavy atom. The summed E-state index contributed by atoms with van der Waals surface area (Å²) in [5.41, 5.74) is 6.46. The van der Waals surface area contributed by atoms with Crippen molar-refractivity contribution in [1.29, 1.82) is 0 Å². The fraction of sp³-hybridized carbons (Fsp3) is 0.222. The van der Waals surface area contributed by atoms with Crippen LogP contribution in [0.25, 0.3) is 0 Å². The van der Waals surface area contributed by atoms with Crippen LogP contribution in [0.1, 0.15) is 24.3 Å². The summed E-state index contributed by atoms with van der Waals surface area (Å²) < 4.78 is 30.3. The van der Waals surface area contributed by atoms with E-state index in [1.54, 1.807) is 25.1 Å². The minimum absolute atomic E-state index is 0.0311. The molecule has 2 aromatic carbocycles. The highest BCUT2D eigenvalue weighted by molar-refractivity contribution is 7.90. The first kappa shape index (κ1) is 17.3. The van der Waals surface area contributed by atoms with Crippen molar-refractivity contribution in [2.75, 3.05) is 0 Å². The molecule has 0 unspecified atom stereocenters. The average molecular weight is 357 g/mol. The molecule has 0 saturated carbocycles. The second kappa shape index (κ2) is 6.78. The van der Waals surface area contributed by atoms with Crippen molar-refractivity contribution in [2.24, 2.45) is 5.73 Å². The summed E-state index contributed by atoms with van der Waals surface area (Å²) >= 11 is 0. The molecule has 0 spiro atoms. The number of hydrogen-bond donors (Lipinski definition) is 1. The Kier molecular flexibility index (Phi) is 4.69. The first-order valence-electron chi connectivity index (χ1n) is 7.80. The Hall–Kier alpha value is -2.51. The Morgan fingerprint density at radius 2 is 1.60 bits per heavy atom. The molecule has 0 bridgehead atoms. The Balaban J connectivity index is 1.78. The van der Waals surface area contributed by atoms with Gasteiger partial charge in [0.05, 0.1) is 10.4 Å². The van der Waals surface area contributed by atoms with Crippen LogP contribution in [-0.2, 0) is 27.5 Å². The molecule has 1 aromatic heterocycles. The number of nitrogens with two attached hydrogens (primary N) is 1. The highest BCUT2D eigenvalue weighted by Gasteiger charge is 2.29. The molecule has 1 heterocycles. The van der Waals surface area contributed by atoms with Gasteiger partial charge in [-0.25, -0.2) is 8.42 Å². The van der Waals surface area contributed by atoms with Gasteiger partial charge in [0.1, 0.15) is 5.75 Å². The fourth-order valence-electron chi connectivity index (χ4n) is 2.51. The lowest BCUT2D eigenvalue weighted by molar-refractivity contribution is 0.340. The van der Waals surface area contributed by atoms with E-state index in [2.05, 4.69) is 10.2 Å². The summed E-state index contributed by atoms with van der Waals surface area (Å²) in [5, 5.41) is 7.81. The SMILES string of the molecule is C[C@@](N)(Cc1ccccc1)c1nnc(CS(=O)(=O)c2ccccc2)o1. The van der Waals surface area contributed by atoms with Crippen LogP contribution in [0.3, 0.4) is 0 Å². The molecule has 130 valence electrons.